The highest BCUT2D eigenvalue weighted by molar-refractivity contribution is 5.88. The lowest BCUT2D eigenvalue weighted by Crippen LogP contribution is -2.09. The number of ether oxygens (including phenoxy) is 1. The lowest BCUT2D eigenvalue weighted by Gasteiger charge is -2.06. The Kier molecular flexibility index (Phi) is 3.11. The number of nitrogen functional groups attached to an aromatic ring is 1. The van der Waals surface area contributed by atoms with Gasteiger partial charge in [0.2, 0.25) is 0 Å². The number of carbonyl (C=O) groups is 1. The van der Waals surface area contributed by atoms with E-state index in [0.717, 1.165) is 0 Å². The van der Waals surface area contributed by atoms with E-state index in [1.54, 1.807) is 11.6 Å². The molecule has 0 spiro atoms. The molecule has 0 radical (unpaired) electrons. The number of anilines is 1. The fourth-order valence-corrected chi connectivity index (χ4v) is 1.13. The van der Waals surface area contributed by atoms with Gasteiger partial charge in [0, 0.05) is 12.1 Å². The Hall–Kier alpha value is -1.52. The molecule has 5 heteroatoms. The molecular formula is C9H15N3O2. The van der Waals surface area contributed by atoms with Crippen LogP contribution >= 0.6 is 0 Å². The summed E-state index contributed by atoms with van der Waals surface area (Å²) >= 11 is 0. The fourth-order valence-electron chi connectivity index (χ4n) is 1.13. The zero-order chi connectivity index (χ0) is 10.7. The molecule has 0 aromatic carbocycles. The Balaban J connectivity index is 2.90. The van der Waals surface area contributed by atoms with E-state index < -0.39 is 5.97 Å². The highest BCUT2D eigenvalue weighted by Crippen LogP contribution is 2.13. The molecule has 0 unspecified atom stereocenters. The van der Waals surface area contributed by atoms with Crippen LogP contribution in [0.25, 0.3) is 0 Å². The van der Waals surface area contributed by atoms with Crippen LogP contribution in [0.4, 0.5) is 5.82 Å². The first-order valence-corrected chi connectivity index (χ1v) is 4.58. The predicted molar refractivity (Wildman–Crippen MR) is 53.0 cm³/mol. The molecule has 5 nitrogen and oxygen atoms in total. The Bertz CT molecular complexity index is 331. The smallest absolute Gasteiger partial charge is 0.358 e. The van der Waals surface area contributed by atoms with Gasteiger partial charge in [0.15, 0.2) is 5.69 Å². The summed E-state index contributed by atoms with van der Waals surface area (Å²) in [6.07, 6.45) is 0. The molecule has 0 aliphatic rings. The van der Waals surface area contributed by atoms with Gasteiger partial charge in [-0.1, -0.05) is 0 Å². The van der Waals surface area contributed by atoms with Crippen molar-refractivity contribution in [3.05, 3.63) is 11.8 Å². The lowest BCUT2D eigenvalue weighted by atomic mass is 10.4. The Labute approximate surface area is 82.8 Å². The highest BCUT2D eigenvalue weighted by atomic mass is 16.5. The molecule has 1 heterocycles. The van der Waals surface area contributed by atoms with E-state index in [1.807, 2.05) is 13.8 Å². The first-order valence-electron chi connectivity index (χ1n) is 4.58. The van der Waals surface area contributed by atoms with Crippen molar-refractivity contribution in [2.75, 3.05) is 12.3 Å². The maximum absolute atomic E-state index is 11.3. The number of aromatic nitrogens is 2. The number of hydrogen-bond acceptors (Lipinski definition) is 4. The Morgan fingerprint density at radius 2 is 2.36 bits per heavy atom. The van der Waals surface area contributed by atoms with Crippen LogP contribution < -0.4 is 5.73 Å². The minimum Gasteiger partial charge on any atom is -0.461 e. The van der Waals surface area contributed by atoms with Crippen LogP contribution in [0.3, 0.4) is 0 Å². The van der Waals surface area contributed by atoms with Gasteiger partial charge in [-0.15, -0.1) is 0 Å². The molecular weight excluding hydrogens is 182 g/mol. The maximum atomic E-state index is 11.3. The maximum Gasteiger partial charge on any atom is 0.358 e. The number of hydrogen-bond donors (Lipinski definition) is 1. The van der Waals surface area contributed by atoms with Crippen LogP contribution in [0.15, 0.2) is 6.07 Å². The minimum atomic E-state index is -0.432. The number of nitrogens with two attached hydrogens (primary N) is 1. The predicted octanol–water partition coefficient (Wildman–Crippen LogP) is 1.22. The van der Waals surface area contributed by atoms with E-state index >= 15 is 0 Å². The Morgan fingerprint density at radius 3 is 2.79 bits per heavy atom. The lowest BCUT2D eigenvalue weighted by molar-refractivity contribution is 0.0518. The molecule has 0 bridgehead atoms. The summed E-state index contributed by atoms with van der Waals surface area (Å²) in [7, 11) is 0. The molecule has 0 amide bonds. The standard InChI is InChI=1S/C9H15N3O2/c1-4-14-9(13)7-5-8(10)12(11-7)6(2)3/h5-6H,4,10H2,1-3H3. The largest absolute Gasteiger partial charge is 0.461 e. The third kappa shape index (κ3) is 2.04. The molecule has 0 saturated carbocycles. The van der Waals surface area contributed by atoms with Gasteiger partial charge in [-0.25, -0.2) is 9.48 Å². The SMILES string of the molecule is CCOC(=O)c1cc(N)n(C(C)C)n1. The first-order chi connectivity index (χ1) is 6.56. The summed E-state index contributed by atoms with van der Waals surface area (Å²) in [5.74, 6) is 0.0432. The van der Waals surface area contributed by atoms with Gasteiger partial charge in [-0.05, 0) is 20.8 Å². The second-order valence-electron chi connectivity index (χ2n) is 3.21. The van der Waals surface area contributed by atoms with Crippen molar-refractivity contribution in [2.45, 2.75) is 26.8 Å². The zero-order valence-electron chi connectivity index (χ0n) is 8.65. The number of carbonyl (C=O) groups excluding carboxylic acids is 1. The normalized spacial score (nSPS) is 10.6. The van der Waals surface area contributed by atoms with Crippen molar-refractivity contribution in [1.29, 1.82) is 0 Å². The highest BCUT2D eigenvalue weighted by Gasteiger charge is 2.14. The quantitative estimate of drug-likeness (QED) is 0.740. The van der Waals surface area contributed by atoms with Gasteiger partial charge < -0.3 is 10.5 Å². The van der Waals surface area contributed by atoms with Crippen molar-refractivity contribution in [2.24, 2.45) is 0 Å². The number of rotatable bonds is 3. The Morgan fingerprint density at radius 1 is 1.71 bits per heavy atom. The van der Waals surface area contributed by atoms with Gasteiger partial charge in [0.1, 0.15) is 5.82 Å². The summed E-state index contributed by atoms with van der Waals surface area (Å²) in [6.45, 7) is 5.98. The summed E-state index contributed by atoms with van der Waals surface area (Å²) in [5, 5.41) is 4.04. The second kappa shape index (κ2) is 4.13. The molecule has 0 atom stereocenters. The van der Waals surface area contributed by atoms with Gasteiger partial charge in [0.05, 0.1) is 6.61 Å². The van der Waals surface area contributed by atoms with E-state index in [2.05, 4.69) is 5.10 Å². The minimum absolute atomic E-state index is 0.137. The molecule has 0 saturated heterocycles. The molecule has 0 aliphatic carbocycles. The fraction of sp³-hybridized carbons (Fsp3) is 0.556. The van der Waals surface area contributed by atoms with Crippen molar-refractivity contribution in [3.63, 3.8) is 0 Å². The molecule has 0 aliphatic heterocycles. The second-order valence-corrected chi connectivity index (χ2v) is 3.21. The van der Waals surface area contributed by atoms with E-state index in [4.69, 9.17) is 10.5 Å². The van der Waals surface area contributed by atoms with Crippen molar-refractivity contribution < 1.29 is 9.53 Å². The van der Waals surface area contributed by atoms with Crippen LogP contribution in [0.2, 0.25) is 0 Å². The van der Waals surface area contributed by atoms with E-state index in [9.17, 15) is 4.79 Å². The molecule has 78 valence electrons. The molecule has 1 rings (SSSR count). The van der Waals surface area contributed by atoms with E-state index in [0.29, 0.717) is 12.4 Å². The molecule has 2 N–H and O–H groups in total. The molecule has 14 heavy (non-hydrogen) atoms. The van der Waals surface area contributed by atoms with Crippen LogP contribution in [0, 0.1) is 0 Å². The monoisotopic (exact) mass is 197 g/mol. The van der Waals surface area contributed by atoms with Gasteiger partial charge in [-0.2, -0.15) is 5.10 Å². The van der Waals surface area contributed by atoms with Crippen LogP contribution in [-0.4, -0.2) is 22.4 Å². The average molecular weight is 197 g/mol. The molecule has 1 aromatic heterocycles. The third-order valence-corrected chi connectivity index (χ3v) is 1.74. The van der Waals surface area contributed by atoms with Gasteiger partial charge >= 0.3 is 5.97 Å². The van der Waals surface area contributed by atoms with Gasteiger partial charge in [-0.3, -0.25) is 0 Å². The molecule has 1 aromatic rings. The summed E-state index contributed by atoms with van der Waals surface area (Å²) < 4.78 is 6.40. The van der Waals surface area contributed by atoms with E-state index in [-0.39, 0.29) is 11.7 Å². The summed E-state index contributed by atoms with van der Waals surface area (Å²) in [5.41, 5.74) is 5.93. The topological polar surface area (TPSA) is 70.1 Å². The summed E-state index contributed by atoms with van der Waals surface area (Å²) in [4.78, 5) is 11.3. The average Bonchev–Trinajstić information content (AvgIpc) is 2.48. The van der Waals surface area contributed by atoms with Crippen LogP contribution in [-0.2, 0) is 4.74 Å². The number of nitrogens with zero attached hydrogens (tertiary/aromatic N) is 2. The zero-order valence-corrected chi connectivity index (χ0v) is 8.65. The van der Waals surface area contributed by atoms with E-state index in [1.165, 1.54) is 6.07 Å². The molecule has 0 fully saturated rings. The van der Waals surface area contributed by atoms with Crippen molar-refractivity contribution in [3.8, 4) is 0 Å². The number of esters is 1. The van der Waals surface area contributed by atoms with Crippen LogP contribution in [0.5, 0.6) is 0 Å². The third-order valence-electron chi connectivity index (χ3n) is 1.74. The van der Waals surface area contributed by atoms with Gasteiger partial charge in [0.25, 0.3) is 0 Å². The first kappa shape index (κ1) is 10.6. The van der Waals surface area contributed by atoms with Crippen molar-refractivity contribution >= 4 is 11.8 Å². The van der Waals surface area contributed by atoms with Crippen LogP contribution in [0.1, 0.15) is 37.3 Å². The van der Waals surface area contributed by atoms with Crippen molar-refractivity contribution in [1.82, 2.24) is 9.78 Å². The summed E-state index contributed by atoms with van der Waals surface area (Å²) in [6, 6.07) is 1.66.